The summed E-state index contributed by atoms with van der Waals surface area (Å²) in [5.74, 6) is 0. The van der Waals surface area contributed by atoms with E-state index in [9.17, 15) is 0 Å². The van der Waals surface area contributed by atoms with Gasteiger partial charge in [0, 0.05) is 0 Å². The molecule has 0 aromatic heterocycles. The molecule has 0 saturated carbocycles. The summed E-state index contributed by atoms with van der Waals surface area (Å²) in [7, 11) is -1.47. The molecular weight excluding hydrogens is 174 g/mol. The maximum absolute atomic E-state index is 6.41. The van der Waals surface area contributed by atoms with E-state index in [1.807, 2.05) is 0 Å². The average Bonchev–Trinajstić information content (AvgIpc) is 2.05. The van der Waals surface area contributed by atoms with Crippen LogP contribution in [0.2, 0.25) is 12.1 Å². The topological polar surface area (TPSA) is 26.0 Å². The minimum atomic E-state index is -1.47. The van der Waals surface area contributed by atoms with E-state index in [0.29, 0.717) is 0 Å². The van der Waals surface area contributed by atoms with Crippen molar-refractivity contribution in [2.45, 2.75) is 58.5 Å². The van der Waals surface area contributed by atoms with E-state index >= 15 is 0 Å². The van der Waals surface area contributed by atoms with Gasteiger partial charge in [-0.1, -0.05) is 51.8 Å². The van der Waals surface area contributed by atoms with Gasteiger partial charge in [-0.2, -0.15) is 0 Å². The van der Waals surface area contributed by atoms with Crippen LogP contribution in [0.1, 0.15) is 46.5 Å². The summed E-state index contributed by atoms with van der Waals surface area (Å²) in [6.45, 7) is 6.68. The second-order valence-corrected chi connectivity index (χ2v) is 7.72. The molecule has 0 rings (SSSR count). The van der Waals surface area contributed by atoms with Crippen molar-refractivity contribution in [2.24, 2.45) is 5.40 Å². The van der Waals surface area contributed by atoms with Crippen LogP contribution in [-0.4, -0.2) is 8.24 Å². The van der Waals surface area contributed by atoms with Crippen LogP contribution in [0.3, 0.4) is 0 Å². The highest BCUT2D eigenvalue weighted by Gasteiger charge is 2.22. The lowest BCUT2D eigenvalue weighted by molar-refractivity contribution is 0.952. The highest BCUT2D eigenvalue weighted by molar-refractivity contribution is 6.81. The molecule has 0 aliphatic heterocycles. The summed E-state index contributed by atoms with van der Waals surface area (Å²) in [4.78, 5) is 0. The van der Waals surface area contributed by atoms with Gasteiger partial charge in [-0.25, -0.2) is 0 Å². The van der Waals surface area contributed by atoms with Crippen molar-refractivity contribution >= 4 is 8.24 Å². The largest absolute Gasteiger partial charge is 0.348 e. The van der Waals surface area contributed by atoms with Gasteiger partial charge in [-0.05, 0) is 18.5 Å². The fourth-order valence-corrected chi connectivity index (χ4v) is 4.79. The first kappa shape index (κ1) is 12.9. The van der Waals surface area contributed by atoms with Gasteiger partial charge in [0.2, 0.25) is 0 Å². The summed E-state index contributed by atoms with van der Waals surface area (Å²) in [6.07, 6.45) is 7.20. The number of unbranched alkanes of at least 4 members (excludes halogenated alkanes) is 1. The fourth-order valence-electron chi connectivity index (χ4n) is 1.71. The van der Waals surface area contributed by atoms with Gasteiger partial charge in [-0.15, -0.1) is 0 Å². The first-order chi connectivity index (χ1) is 6.18. The Hall–Kier alpha value is -0.0831. The van der Waals surface area contributed by atoms with Crippen molar-refractivity contribution in [3.8, 4) is 0 Å². The Balaban J connectivity index is 4.05. The lowest BCUT2D eigenvalue weighted by Gasteiger charge is -2.21. The molecule has 78 valence electrons. The molecule has 0 saturated heterocycles. The Morgan fingerprint density at radius 3 is 1.92 bits per heavy atom. The van der Waals surface area contributed by atoms with Crippen molar-refractivity contribution in [3.63, 3.8) is 0 Å². The van der Waals surface area contributed by atoms with Crippen molar-refractivity contribution < 1.29 is 0 Å². The molecule has 0 spiro atoms. The van der Waals surface area contributed by atoms with Crippen LogP contribution in [0.5, 0.6) is 0 Å². The molecule has 0 unspecified atom stereocenters. The molecule has 0 aliphatic rings. The lowest BCUT2D eigenvalue weighted by Crippen LogP contribution is -2.43. The minimum Gasteiger partial charge on any atom is -0.348 e. The van der Waals surface area contributed by atoms with Crippen LogP contribution in [0.15, 0.2) is 11.8 Å². The van der Waals surface area contributed by atoms with Crippen molar-refractivity contribution in [2.75, 3.05) is 0 Å². The van der Waals surface area contributed by atoms with Crippen LogP contribution in [0, 0.1) is 0 Å². The third kappa shape index (κ3) is 6.05. The number of nitrogens with two attached hydrogens (primary N) is 1. The van der Waals surface area contributed by atoms with Gasteiger partial charge in [0.05, 0.1) is 0 Å². The van der Waals surface area contributed by atoms with E-state index in [1.54, 1.807) is 0 Å². The third-order valence-electron chi connectivity index (χ3n) is 2.34. The van der Waals surface area contributed by atoms with E-state index in [2.05, 4.69) is 32.5 Å². The molecule has 0 heterocycles. The predicted octanol–water partition coefficient (Wildman–Crippen LogP) is 3.61. The summed E-state index contributed by atoms with van der Waals surface area (Å²) in [6, 6.07) is 2.50. The first-order valence-electron chi connectivity index (χ1n) is 5.65. The quantitative estimate of drug-likeness (QED) is 0.623. The highest BCUT2D eigenvalue weighted by atomic mass is 28.3. The smallest absolute Gasteiger partial charge is 0.147 e. The Kier molecular flexibility index (Phi) is 7.29. The molecule has 2 heteroatoms. The van der Waals surface area contributed by atoms with Gasteiger partial charge in [0.1, 0.15) is 8.24 Å². The van der Waals surface area contributed by atoms with Crippen molar-refractivity contribution in [1.29, 1.82) is 0 Å². The summed E-state index contributed by atoms with van der Waals surface area (Å²) >= 11 is 0. The molecule has 1 nitrogen and oxygen atoms in total. The van der Waals surface area contributed by atoms with E-state index < -0.39 is 8.24 Å². The van der Waals surface area contributed by atoms with Gasteiger partial charge >= 0.3 is 0 Å². The molecule has 0 fully saturated rings. The van der Waals surface area contributed by atoms with Gasteiger partial charge < -0.3 is 5.40 Å². The lowest BCUT2D eigenvalue weighted by atomic mass is 10.3. The number of hydrogen-bond acceptors (Lipinski definition) is 1. The van der Waals surface area contributed by atoms with Crippen LogP contribution in [-0.2, 0) is 0 Å². The molecule has 0 aromatic carbocycles. The standard InChI is InChI=1S/C11H25NSi/c1-4-7-8-11-13(12,9-5-2)10-6-3/h8,11H,4-7,9-10,12H2,1-3H3. The van der Waals surface area contributed by atoms with Crippen molar-refractivity contribution in [1.82, 2.24) is 0 Å². The third-order valence-corrected chi connectivity index (χ3v) is 6.10. The molecule has 13 heavy (non-hydrogen) atoms. The second kappa shape index (κ2) is 7.33. The molecule has 0 radical (unpaired) electrons. The maximum Gasteiger partial charge on any atom is 0.147 e. The van der Waals surface area contributed by atoms with Crippen LogP contribution in [0.4, 0.5) is 0 Å². The van der Waals surface area contributed by atoms with Crippen molar-refractivity contribution in [3.05, 3.63) is 11.8 Å². The summed E-state index contributed by atoms with van der Waals surface area (Å²) < 4.78 is 0. The Morgan fingerprint density at radius 1 is 1.00 bits per heavy atom. The van der Waals surface area contributed by atoms with E-state index in [4.69, 9.17) is 5.40 Å². The zero-order valence-electron chi connectivity index (χ0n) is 9.47. The first-order valence-corrected chi connectivity index (χ1v) is 8.22. The molecule has 2 N–H and O–H groups in total. The number of rotatable bonds is 7. The molecule has 0 atom stereocenters. The zero-order valence-corrected chi connectivity index (χ0v) is 10.5. The predicted molar refractivity (Wildman–Crippen MR) is 64.2 cm³/mol. The summed E-state index contributed by atoms with van der Waals surface area (Å²) in [5.41, 5.74) is 2.36. The fraction of sp³-hybridized carbons (Fsp3) is 0.818. The monoisotopic (exact) mass is 199 g/mol. The Morgan fingerprint density at radius 2 is 1.54 bits per heavy atom. The normalized spacial score (nSPS) is 12.6. The highest BCUT2D eigenvalue weighted by Crippen LogP contribution is 2.15. The van der Waals surface area contributed by atoms with Crippen LogP contribution >= 0.6 is 0 Å². The molecular formula is C11H25NSi. The summed E-state index contributed by atoms with van der Waals surface area (Å²) in [5, 5.41) is 6.41. The molecule has 0 aromatic rings. The Labute approximate surface area is 84.5 Å². The molecule has 0 bridgehead atoms. The maximum atomic E-state index is 6.41. The van der Waals surface area contributed by atoms with Crippen LogP contribution in [0.25, 0.3) is 0 Å². The van der Waals surface area contributed by atoms with E-state index in [-0.39, 0.29) is 0 Å². The van der Waals surface area contributed by atoms with Gasteiger partial charge in [-0.3, -0.25) is 0 Å². The van der Waals surface area contributed by atoms with E-state index in [1.165, 1.54) is 37.8 Å². The number of hydrogen-bond donors (Lipinski definition) is 1. The zero-order chi connectivity index (χ0) is 10.2. The second-order valence-electron chi connectivity index (χ2n) is 3.92. The van der Waals surface area contributed by atoms with Crippen LogP contribution < -0.4 is 5.40 Å². The van der Waals surface area contributed by atoms with Gasteiger partial charge in [0.25, 0.3) is 0 Å². The van der Waals surface area contributed by atoms with Gasteiger partial charge in [0.15, 0.2) is 0 Å². The number of allylic oxidation sites excluding steroid dienone is 1. The SMILES string of the molecule is CCCC=C[Si](N)(CCC)CCC. The van der Waals surface area contributed by atoms with E-state index in [0.717, 1.165) is 0 Å². The molecule has 0 aliphatic carbocycles. The molecule has 0 amide bonds. The Bertz CT molecular complexity index is 137. The average molecular weight is 199 g/mol. The minimum absolute atomic E-state index is 1.19.